The molecule has 2 rings (SSSR count). The molecular formula is C15H18O3. The topological polar surface area (TPSA) is 35.5 Å². The zero-order chi connectivity index (χ0) is 13.1. The molecule has 0 radical (unpaired) electrons. The molecule has 1 aliphatic heterocycles. The largest absolute Gasteiger partial charge is 0.497 e. The predicted molar refractivity (Wildman–Crippen MR) is 70.1 cm³/mol. The van der Waals surface area contributed by atoms with Gasteiger partial charge in [-0.05, 0) is 43.7 Å². The lowest BCUT2D eigenvalue weighted by atomic mass is 9.96. The van der Waals surface area contributed by atoms with E-state index in [1.165, 1.54) is 11.1 Å². The second-order valence-electron chi connectivity index (χ2n) is 4.66. The molecule has 0 aromatic heterocycles. The smallest absolute Gasteiger partial charge is 0.191 e. The monoisotopic (exact) mass is 246 g/mol. The average Bonchev–Trinajstić information content (AvgIpc) is 2.41. The number of ketones is 1. The summed E-state index contributed by atoms with van der Waals surface area (Å²) in [6.07, 6.45) is 0.346. The molecule has 18 heavy (non-hydrogen) atoms. The Hall–Kier alpha value is -1.61. The van der Waals surface area contributed by atoms with Crippen molar-refractivity contribution in [2.75, 3.05) is 13.7 Å². The van der Waals surface area contributed by atoms with E-state index in [4.69, 9.17) is 9.47 Å². The van der Waals surface area contributed by atoms with Crippen LogP contribution in [-0.4, -0.2) is 25.6 Å². The molecule has 96 valence electrons. The molecule has 1 atom stereocenters. The first-order valence-electron chi connectivity index (χ1n) is 6.07. The molecule has 1 aromatic rings. The van der Waals surface area contributed by atoms with Crippen LogP contribution in [-0.2, 0) is 4.74 Å². The standard InChI is InChI=1S/C15H18O3/c1-10-8-14(18-9-11(10)2)15(16)12-4-6-13(17-3)7-5-12/h4-7,14H,8-9H2,1-3H3/t14-/m1/s1. The third-order valence-corrected chi connectivity index (χ3v) is 3.39. The number of carbonyl (C=O) groups is 1. The van der Waals surface area contributed by atoms with Gasteiger partial charge < -0.3 is 9.47 Å². The number of ether oxygens (including phenoxy) is 2. The Morgan fingerprint density at radius 3 is 2.44 bits per heavy atom. The minimum atomic E-state index is -0.345. The zero-order valence-electron chi connectivity index (χ0n) is 11.0. The molecule has 0 saturated heterocycles. The number of carbonyl (C=O) groups excluding carboxylic acids is 1. The maximum absolute atomic E-state index is 12.3. The minimum Gasteiger partial charge on any atom is -0.497 e. The lowest BCUT2D eigenvalue weighted by Gasteiger charge is -2.24. The number of hydrogen-bond donors (Lipinski definition) is 0. The third kappa shape index (κ3) is 2.62. The Kier molecular flexibility index (Phi) is 3.82. The van der Waals surface area contributed by atoms with Crippen LogP contribution in [0.2, 0.25) is 0 Å². The molecule has 0 fully saturated rings. The molecule has 1 aromatic carbocycles. The van der Waals surface area contributed by atoms with E-state index >= 15 is 0 Å². The van der Waals surface area contributed by atoms with Crippen LogP contribution in [0, 0.1) is 0 Å². The van der Waals surface area contributed by atoms with Crippen molar-refractivity contribution in [3.05, 3.63) is 41.0 Å². The Morgan fingerprint density at radius 1 is 1.22 bits per heavy atom. The molecule has 3 nitrogen and oxygen atoms in total. The maximum Gasteiger partial charge on any atom is 0.191 e. The van der Waals surface area contributed by atoms with Gasteiger partial charge in [0.2, 0.25) is 0 Å². The van der Waals surface area contributed by atoms with Crippen LogP contribution in [0.4, 0.5) is 0 Å². The van der Waals surface area contributed by atoms with E-state index in [9.17, 15) is 4.79 Å². The van der Waals surface area contributed by atoms with Crippen molar-refractivity contribution in [2.45, 2.75) is 26.4 Å². The van der Waals surface area contributed by atoms with Gasteiger partial charge in [0.05, 0.1) is 13.7 Å². The highest BCUT2D eigenvalue weighted by molar-refractivity contribution is 5.99. The third-order valence-electron chi connectivity index (χ3n) is 3.39. The minimum absolute atomic E-state index is 0.0458. The first-order valence-corrected chi connectivity index (χ1v) is 6.07. The van der Waals surface area contributed by atoms with Gasteiger partial charge in [-0.2, -0.15) is 0 Å². The Balaban J connectivity index is 2.12. The summed E-state index contributed by atoms with van der Waals surface area (Å²) in [7, 11) is 1.61. The molecule has 0 N–H and O–H groups in total. The van der Waals surface area contributed by atoms with Gasteiger partial charge in [-0.25, -0.2) is 0 Å². The molecule has 0 spiro atoms. The summed E-state index contributed by atoms with van der Waals surface area (Å²) in [5.74, 6) is 0.799. The molecule has 0 bridgehead atoms. The number of methoxy groups -OCH3 is 1. The molecule has 1 heterocycles. The SMILES string of the molecule is COc1ccc(C(=O)[C@H]2CC(C)=C(C)CO2)cc1. The van der Waals surface area contributed by atoms with Crippen LogP contribution in [0.15, 0.2) is 35.4 Å². The van der Waals surface area contributed by atoms with Gasteiger partial charge in [-0.15, -0.1) is 0 Å². The van der Waals surface area contributed by atoms with Crippen LogP contribution in [0.25, 0.3) is 0 Å². The van der Waals surface area contributed by atoms with Gasteiger partial charge in [0, 0.05) is 12.0 Å². The van der Waals surface area contributed by atoms with Crippen molar-refractivity contribution < 1.29 is 14.3 Å². The summed E-state index contributed by atoms with van der Waals surface area (Å²) in [5.41, 5.74) is 3.16. The van der Waals surface area contributed by atoms with Gasteiger partial charge in [0.25, 0.3) is 0 Å². The Bertz CT molecular complexity index is 471. The van der Waals surface area contributed by atoms with Crippen molar-refractivity contribution in [1.82, 2.24) is 0 Å². The van der Waals surface area contributed by atoms with E-state index in [1.54, 1.807) is 31.4 Å². The normalized spacial score (nSPS) is 19.8. The van der Waals surface area contributed by atoms with E-state index in [1.807, 2.05) is 6.92 Å². The second-order valence-corrected chi connectivity index (χ2v) is 4.66. The first-order chi connectivity index (χ1) is 8.61. The van der Waals surface area contributed by atoms with Gasteiger partial charge in [0.15, 0.2) is 5.78 Å². The summed E-state index contributed by atoms with van der Waals surface area (Å²) in [5, 5.41) is 0. The van der Waals surface area contributed by atoms with Crippen LogP contribution in [0.5, 0.6) is 5.75 Å². The van der Waals surface area contributed by atoms with E-state index in [-0.39, 0.29) is 11.9 Å². The van der Waals surface area contributed by atoms with Gasteiger partial charge in [-0.1, -0.05) is 5.57 Å². The predicted octanol–water partition coefficient (Wildman–Crippen LogP) is 3.00. The zero-order valence-corrected chi connectivity index (χ0v) is 11.0. The van der Waals surface area contributed by atoms with E-state index in [2.05, 4.69) is 6.92 Å². The maximum atomic E-state index is 12.3. The van der Waals surface area contributed by atoms with E-state index < -0.39 is 0 Å². The van der Waals surface area contributed by atoms with Gasteiger partial charge in [-0.3, -0.25) is 4.79 Å². The molecule has 0 unspecified atom stereocenters. The lowest BCUT2D eigenvalue weighted by molar-refractivity contribution is 0.0434. The molecule has 0 saturated carbocycles. The van der Waals surface area contributed by atoms with E-state index in [0.717, 1.165) is 5.75 Å². The van der Waals surface area contributed by atoms with Crippen LogP contribution in [0.1, 0.15) is 30.6 Å². The summed E-state index contributed by atoms with van der Waals surface area (Å²) in [6.45, 7) is 4.66. The summed E-state index contributed by atoms with van der Waals surface area (Å²) in [6, 6.07) is 7.16. The molecule has 0 aliphatic carbocycles. The number of Topliss-reactive ketones (excluding diaryl/α,β-unsaturated/α-hetero) is 1. The number of rotatable bonds is 3. The Labute approximate surface area is 107 Å². The summed E-state index contributed by atoms with van der Waals surface area (Å²) in [4.78, 5) is 12.3. The van der Waals surface area contributed by atoms with Gasteiger partial charge in [0.1, 0.15) is 11.9 Å². The second kappa shape index (κ2) is 5.36. The van der Waals surface area contributed by atoms with Crippen molar-refractivity contribution in [3.63, 3.8) is 0 Å². The van der Waals surface area contributed by atoms with Crippen LogP contribution in [0.3, 0.4) is 0 Å². The molecule has 1 aliphatic rings. The summed E-state index contributed by atoms with van der Waals surface area (Å²) < 4.78 is 10.7. The van der Waals surface area contributed by atoms with Crippen molar-refractivity contribution in [2.24, 2.45) is 0 Å². The number of hydrogen-bond acceptors (Lipinski definition) is 3. The highest BCUT2D eigenvalue weighted by Crippen LogP contribution is 2.23. The molecule has 0 amide bonds. The van der Waals surface area contributed by atoms with Crippen LogP contribution < -0.4 is 4.74 Å². The molecule has 3 heteroatoms. The average molecular weight is 246 g/mol. The number of benzene rings is 1. The highest BCUT2D eigenvalue weighted by Gasteiger charge is 2.25. The highest BCUT2D eigenvalue weighted by atomic mass is 16.5. The Morgan fingerprint density at radius 2 is 1.89 bits per heavy atom. The van der Waals surface area contributed by atoms with Gasteiger partial charge >= 0.3 is 0 Å². The lowest BCUT2D eigenvalue weighted by Crippen LogP contribution is -2.29. The fourth-order valence-corrected chi connectivity index (χ4v) is 1.97. The van der Waals surface area contributed by atoms with E-state index in [0.29, 0.717) is 18.6 Å². The quantitative estimate of drug-likeness (QED) is 0.607. The van der Waals surface area contributed by atoms with Crippen molar-refractivity contribution >= 4 is 5.78 Å². The fourth-order valence-electron chi connectivity index (χ4n) is 1.97. The first kappa shape index (κ1) is 12.8. The fraction of sp³-hybridized carbons (Fsp3) is 0.400. The van der Waals surface area contributed by atoms with Crippen molar-refractivity contribution in [3.8, 4) is 5.75 Å². The van der Waals surface area contributed by atoms with Crippen LogP contribution >= 0.6 is 0 Å². The van der Waals surface area contributed by atoms with Crippen molar-refractivity contribution in [1.29, 1.82) is 0 Å². The molecular weight excluding hydrogens is 228 g/mol. The summed E-state index contributed by atoms with van der Waals surface area (Å²) >= 11 is 0.